The topological polar surface area (TPSA) is 156 Å². The smallest absolute Gasteiger partial charge is 0.351 e. The van der Waals surface area contributed by atoms with E-state index in [0.717, 1.165) is 32.1 Å². The molecule has 1 atom stereocenters. The Balaban J connectivity index is 0. The van der Waals surface area contributed by atoms with Crippen LogP contribution in [-0.2, 0) is 38.2 Å². The summed E-state index contributed by atoms with van der Waals surface area (Å²) in [5.74, 6) is -5.28. The molecule has 0 fully saturated rings. The minimum atomic E-state index is -2.34. The highest BCUT2D eigenvalue weighted by Gasteiger charge is 2.47. The summed E-state index contributed by atoms with van der Waals surface area (Å²) in [7, 11) is -0.630. The van der Waals surface area contributed by atoms with Crippen molar-refractivity contribution in [2.24, 2.45) is 0 Å². The molecule has 0 aromatic rings. The van der Waals surface area contributed by atoms with Crippen LogP contribution >= 0.6 is 7.26 Å². The third-order valence-corrected chi connectivity index (χ3v) is 17.1. The van der Waals surface area contributed by atoms with Gasteiger partial charge in [-0.2, -0.15) is 0 Å². The van der Waals surface area contributed by atoms with E-state index in [1.54, 1.807) is 31.1 Å². The van der Waals surface area contributed by atoms with Gasteiger partial charge in [0, 0.05) is 32.5 Å². The predicted molar refractivity (Wildman–Crippen MR) is 261 cm³/mol. The normalized spacial score (nSPS) is 12.2. The van der Waals surface area contributed by atoms with Crippen molar-refractivity contribution in [2.75, 3.05) is 37.9 Å². The number of carboxylic acids is 2. The van der Waals surface area contributed by atoms with Crippen LogP contribution in [0.15, 0.2) is 0 Å². The first-order valence-electron chi connectivity index (χ1n) is 26.2. The second kappa shape index (κ2) is 45.0. The molecule has 0 heterocycles. The molecule has 0 rings (SSSR count). The lowest BCUT2D eigenvalue weighted by molar-refractivity contribution is -0.309. The van der Waals surface area contributed by atoms with Gasteiger partial charge < -0.3 is 29.2 Å². The summed E-state index contributed by atoms with van der Waals surface area (Å²) in [5.41, 5.74) is -2.34. The third kappa shape index (κ3) is 38.7. The molecule has 0 saturated heterocycles. The van der Waals surface area contributed by atoms with E-state index in [4.69, 9.17) is 19.3 Å². The second-order valence-electron chi connectivity index (χ2n) is 18.2. The van der Waals surface area contributed by atoms with Gasteiger partial charge in [0.2, 0.25) is 5.60 Å². The Labute approximate surface area is 387 Å². The van der Waals surface area contributed by atoms with Crippen LogP contribution in [0.5, 0.6) is 0 Å². The van der Waals surface area contributed by atoms with E-state index >= 15 is 0 Å². The van der Waals surface area contributed by atoms with Gasteiger partial charge in [-0.1, -0.05) is 176 Å². The number of hydrogen-bond acceptors (Lipinski definition) is 9. The standard InChI is InChI=1S/C28H60P.C24H40O10/c1-5-9-13-14-15-16-17-18-19-20-21-22-23-24-28-29(25-10-6-2,26-11-7-3)27-12-8-4;1-3-5-15-32-22(30)18-24(17-20(27)28,23(31)33-16-6-4-2)34-21(29)14-12-10-8-7-9-11-13-19(25)26/h5-28H2,1-4H3;3-18H2,1-2H3,(H,25,26)(H,27,28)/q+1;/p-1. The quantitative estimate of drug-likeness (QED) is 0.0270. The first kappa shape index (κ1) is 62.9. The maximum atomic E-state index is 12.8. The number of carbonyl (C=O) groups excluding carboxylic acids is 4. The van der Waals surface area contributed by atoms with Crippen LogP contribution in [0.2, 0.25) is 0 Å². The van der Waals surface area contributed by atoms with Crippen molar-refractivity contribution in [1.82, 2.24) is 0 Å². The number of esters is 3. The van der Waals surface area contributed by atoms with Crippen LogP contribution in [0.3, 0.4) is 0 Å². The van der Waals surface area contributed by atoms with Crippen molar-refractivity contribution in [2.45, 2.75) is 265 Å². The van der Waals surface area contributed by atoms with Gasteiger partial charge in [0.25, 0.3) is 0 Å². The number of aliphatic carboxylic acids is 2. The number of rotatable bonds is 45. The maximum Gasteiger partial charge on any atom is 0.351 e. The molecule has 10 nitrogen and oxygen atoms in total. The molecule has 0 saturated carbocycles. The Kier molecular flexibility index (Phi) is 44.9. The molecule has 1 N–H and O–H groups in total. The number of carboxylic acid groups (broad SMARTS) is 2. The molecule has 1 unspecified atom stereocenters. The van der Waals surface area contributed by atoms with Crippen molar-refractivity contribution in [3.63, 3.8) is 0 Å². The molecule has 372 valence electrons. The minimum absolute atomic E-state index is 0.00551. The summed E-state index contributed by atoms with van der Waals surface area (Å²) in [6.07, 6.45) is 40.9. The lowest BCUT2D eigenvalue weighted by Gasteiger charge is -2.31. The first-order chi connectivity index (χ1) is 30.4. The van der Waals surface area contributed by atoms with Crippen LogP contribution in [0, 0.1) is 0 Å². The molecule has 0 radical (unpaired) electrons. The van der Waals surface area contributed by atoms with Gasteiger partial charge in [-0.25, -0.2) is 4.79 Å². The average molecular weight is 915 g/mol. The zero-order valence-corrected chi connectivity index (χ0v) is 42.7. The average Bonchev–Trinajstić information content (AvgIpc) is 3.25. The van der Waals surface area contributed by atoms with E-state index in [1.807, 2.05) is 13.8 Å². The van der Waals surface area contributed by atoms with Gasteiger partial charge in [0.15, 0.2) is 0 Å². The van der Waals surface area contributed by atoms with Gasteiger partial charge in [0.1, 0.15) is 0 Å². The lowest BCUT2D eigenvalue weighted by Crippen LogP contribution is -2.50. The van der Waals surface area contributed by atoms with E-state index in [2.05, 4.69) is 27.7 Å². The fraction of sp³-hybridized carbons (Fsp3) is 0.904. The predicted octanol–water partition coefficient (Wildman–Crippen LogP) is 13.6. The van der Waals surface area contributed by atoms with E-state index in [-0.39, 0.29) is 26.1 Å². The highest BCUT2D eigenvalue weighted by atomic mass is 31.2. The summed E-state index contributed by atoms with van der Waals surface area (Å²) >= 11 is 0. The maximum absolute atomic E-state index is 12.8. The van der Waals surface area contributed by atoms with E-state index in [0.29, 0.717) is 32.1 Å². The van der Waals surface area contributed by atoms with Crippen molar-refractivity contribution >= 4 is 37.1 Å². The molecule has 0 bridgehead atoms. The van der Waals surface area contributed by atoms with Gasteiger partial charge >= 0.3 is 23.9 Å². The highest BCUT2D eigenvalue weighted by molar-refractivity contribution is 7.75. The molecule has 63 heavy (non-hydrogen) atoms. The van der Waals surface area contributed by atoms with Crippen LogP contribution in [0.4, 0.5) is 0 Å². The second-order valence-corrected chi connectivity index (χ2v) is 22.6. The Bertz CT molecular complexity index is 1090. The fourth-order valence-corrected chi connectivity index (χ4v) is 13.1. The molecule has 0 aliphatic rings. The van der Waals surface area contributed by atoms with E-state index in [1.165, 1.54) is 122 Å². The Hall–Kier alpha value is -2.22. The van der Waals surface area contributed by atoms with Crippen LogP contribution in [0.1, 0.15) is 260 Å². The summed E-state index contributed by atoms with van der Waals surface area (Å²) < 4.78 is 15.5. The van der Waals surface area contributed by atoms with Crippen molar-refractivity contribution in [3.05, 3.63) is 0 Å². The Morgan fingerprint density at radius 2 is 0.794 bits per heavy atom. The molecular formula is C52H99O10P. The highest BCUT2D eigenvalue weighted by Crippen LogP contribution is 2.61. The number of unbranched alkanes of at least 4 members (excludes halogenated alkanes) is 23. The Morgan fingerprint density at radius 1 is 0.429 bits per heavy atom. The summed E-state index contributed by atoms with van der Waals surface area (Å²) in [5, 5.41) is 20.0. The van der Waals surface area contributed by atoms with Crippen LogP contribution in [0.25, 0.3) is 0 Å². The lowest BCUT2D eigenvalue weighted by atomic mass is 9.94. The van der Waals surface area contributed by atoms with Crippen LogP contribution < -0.4 is 5.11 Å². The third-order valence-electron chi connectivity index (χ3n) is 12.0. The zero-order valence-electron chi connectivity index (χ0n) is 41.9. The zero-order chi connectivity index (χ0) is 47.3. The number of hydrogen-bond donors (Lipinski definition) is 1. The number of ether oxygens (including phenoxy) is 3. The molecule has 0 aliphatic heterocycles. The van der Waals surface area contributed by atoms with Crippen LogP contribution in [-0.4, -0.2) is 78.4 Å². The molecule has 0 amide bonds. The molecule has 0 aliphatic carbocycles. The number of carbonyl (C=O) groups is 5. The molecule has 0 spiro atoms. The van der Waals surface area contributed by atoms with Crippen molar-refractivity contribution < 1.29 is 48.4 Å². The molecule has 0 aromatic carbocycles. The van der Waals surface area contributed by atoms with Crippen molar-refractivity contribution in [3.8, 4) is 0 Å². The summed E-state index contributed by atoms with van der Waals surface area (Å²) in [6, 6.07) is 0. The SMILES string of the molecule is CCCCCCCCCCCCCCCC[P+](CCCC)(CCCC)CCCC.CCCCOC(=O)CC(CC(=O)[O-])(OC(=O)CCCCCCCCC(=O)O)C(=O)OCCCC. The largest absolute Gasteiger partial charge is 0.550 e. The molecular weight excluding hydrogens is 816 g/mol. The Morgan fingerprint density at radius 3 is 1.21 bits per heavy atom. The molecule has 11 heteroatoms. The van der Waals surface area contributed by atoms with Gasteiger partial charge in [-0.05, 0) is 57.8 Å². The van der Waals surface area contributed by atoms with Gasteiger partial charge in [-0.15, -0.1) is 0 Å². The minimum Gasteiger partial charge on any atom is -0.550 e. The monoisotopic (exact) mass is 915 g/mol. The van der Waals surface area contributed by atoms with E-state index < -0.39 is 55.6 Å². The first-order valence-corrected chi connectivity index (χ1v) is 28.8. The molecule has 0 aromatic heterocycles. The van der Waals surface area contributed by atoms with E-state index in [9.17, 15) is 29.1 Å². The van der Waals surface area contributed by atoms with Crippen molar-refractivity contribution in [1.29, 1.82) is 0 Å². The summed E-state index contributed by atoms with van der Waals surface area (Å²) in [4.78, 5) is 59.4. The van der Waals surface area contributed by atoms with Gasteiger partial charge in [-0.3, -0.25) is 14.4 Å². The fourth-order valence-electron chi connectivity index (χ4n) is 7.92. The summed E-state index contributed by atoms with van der Waals surface area (Å²) in [6.45, 7) is 13.3. The van der Waals surface area contributed by atoms with Gasteiger partial charge in [0.05, 0.1) is 44.3 Å².